The van der Waals surface area contributed by atoms with E-state index < -0.39 is 0 Å². The van der Waals surface area contributed by atoms with Crippen LogP contribution in [-0.2, 0) is 11.3 Å². The molecule has 0 fully saturated rings. The van der Waals surface area contributed by atoms with Crippen LogP contribution in [0.3, 0.4) is 0 Å². The van der Waals surface area contributed by atoms with Crippen molar-refractivity contribution < 1.29 is 14.6 Å². The first-order valence-corrected chi connectivity index (χ1v) is 9.97. The van der Waals surface area contributed by atoms with Crippen LogP contribution in [0.1, 0.15) is 18.9 Å². The highest BCUT2D eigenvalue weighted by Crippen LogP contribution is 2.35. The molecule has 1 heterocycles. The van der Waals surface area contributed by atoms with Gasteiger partial charge in [-0.15, -0.1) is 11.3 Å². The molecule has 0 aliphatic heterocycles. The first-order valence-electron chi connectivity index (χ1n) is 8.36. The Morgan fingerprint density at radius 1 is 1.39 bits per heavy atom. The normalized spacial score (nSPS) is 11.1. The number of methoxy groups -OCH3 is 1. The molecule has 2 rings (SSSR count). The molecular formula is C19H18BrN3O4S. The molecule has 0 spiro atoms. The van der Waals surface area contributed by atoms with Crippen molar-refractivity contribution in [2.24, 2.45) is 0 Å². The van der Waals surface area contributed by atoms with Crippen LogP contribution in [0.25, 0.3) is 11.6 Å². The third kappa shape index (κ3) is 4.82. The fraction of sp³-hybridized carbons (Fsp3) is 0.316. The van der Waals surface area contributed by atoms with E-state index in [0.717, 1.165) is 11.3 Å². The molecule has 0 radical (unpaired) electrons. The molecule has 0 atom stereocenters. The molecule has 9 heteroatoms. The first-order chi connectivity index (χ1) is 13.5. The van der Waals surface area contributed by atoms with Crippen LogP contribution < -0.4 is 19.5 Å². The molecule has 1 aromatic heterocycles. The number of phenolic OH excluding ortho intramolecular Hbond substituents is 1. The average Bonchev–Trinajstić information content (AvgIpc) is 2.98. The summed E-state index contributed by atoms with van der Waals surface area (Å²) in [5, 5.41) is 28.4. The van der Waals surface area contributed by atoms with Gasteiger partial charge in [0, 0.05) is 19.8 Å². The van der Waals surface area contributed by atoms with Crippen molar-refractivity contribution in [2.45, 2.75) is 19.9 Å². The summed E-state index contributed by atoms with van der Waals surface area (Å²) in [5.41, 5.74) is 0.230. The Labute approximate surface area is 174 Å². The Kier molecular flexibility index (Phi) is 7.82. The number of benzene rings is 1. The van der Waals surface area contributed by atoms with E-state index in [-0.39, 0.29) is 22.6 Å². The summed E-state index contributed by atoms with van der Waals surface area (Å²) in [6, 6.07) is 6.94. The lowest BCUT2D eigenvalue weighted by Crippen LogP contribution is -2.32. The predicted molar refractivity (Wildman–Crippen MR) is 109 cm³/mol. The number of aromatic nitrogens is 1. The Morgan fingerprint density at radius 2 is 2.11 bits per heavy atom. The van der Waals surface area contributed by atoms with Gasteiger partial charge in [0.2, 0.25) is 0 Å². The second kappa shape index (κ2) is 10.1. The molecule has 0 aliphatic carbocycles. The quantitative estimate of drug-likeness (QED) is 0.627. The zero-order chi connectivity index (χ0) is 20.7. The van der Waals surface area contributed by atoms with Gasteiger partial charge in [0.25, 0.3) is 5.56 Å². The third-order valence-electron chi connectivity index (χ3n) is 3.79. The molecule has 0 saturated heterocycles. The van der Waals surface area contributed by atoms with Gasteiger partial charge in [-0.05, 0) is 53.0 Å². The van der Waals surface area contributed by atoms with E-state index in [1.807, 2.05) is 19.1 Å². The van der Waals surface area contributed by atoms with E-state index >= 15 is 0 Å². The predicted octanol–water partition coefficient (Wildman–Crippen LogP) is 1.84. The molecule has 0 amide bonds. The SMILES string of the molecule is CCOCCCn1c(=C(C#N)C#N)s/c(=C/c2cc(Br)c(O)c(OC)c2)c1=O. The average molecular weight is 464 g/mol. The number of thiazole rings is 1. The van der Waals surface area contributed by atoms with Gasteiger partial charge in [-0.2, -0.15) is 10.5 Å². The minimum atomic E-state index is -0.289. The zero-order valence-corrected chi connectivity index (χ0v) is 17.8. The van der Waals surface area contributed by atoms with Gasteiger partial charge in [0.15, 0.2) is 17.1 Å². The number of ether oxygens (including phenoxy) is 2. The van der Waals surface area contributed by atoms with Gasteiger partial charge in [-0.25, -0.2) is 0 Å². The van der Waals surface area contributed by atoms with Crippen molar-refractivity contribution in [1.29, 1.82) is 10.5 Å². The van der Waals surface area contributed by atoms with Crippen molar-refractivity contribution in [3.63, 3.8) is 0 Å². The van der Waals surface area contributed by atoms with Crippen molar-refractivity contribution >= 4 is 38.9 Å². The van der Waals surface area contributed by atoms with Gasteiger partial charge < -0.3 is 14.6 Å². The van der Waals surface area contributed by atoms with Gasteiger partial charge in [0.05, 0.1) is 16.1 Å². The number of rotatable bonds is 7. The summed E-state index contributed by atoms with van der Waals surface area (Å²) < 4.78 is 13.0. The maximum Gasteiger partial charge on any atom is 0.269 e. The smallest absolute Gasteiger partial charge is 0.269 e. The van der Waals surface area contributed by atoms with Crippen LogP contribution in [0.15, 0.2) is 21.4 Å². The van der Waals surface area contributed by atoms with Crippen LogP contribution in [0.5, 0.6) is 11.5 Å². The van der Waals surface area contributed by atoms with Gasteiger partial charge in [-0.1, -0.05) is 0 Å². The number of nitriles is 2. The molecule has 28 heavy (non-hydrogen) atoms. The summed E-state index contributed by atoms with van der Waals surface area (Å²) in [6.45, 7) is 3.29. The molecule has 1 aromatic carbocycles. The number of hydrogen-bond acceptors (Lipinski definition) is 7. The minimum Gasteiger partial charge on any atom is -0.503 e. The molecular weight excluding hydrogens is 446 g/mol. The highest BCUT2D eigenvalue weighted by atomic mass is 79.9. The Hall–Kier alpha value is -2.59. The van der Waals surface area contributed by atoms with Gasteiger partial charge >= 0.3 is 0 Å². The van der Waals surface area contributed by atoms with E-state index in [0.29, 0.717) is 45.4 Å². The van der Waals surface area contributed by atoms with E-state index in [1.165, 1.54) is 11.7 Å². The topological polar surface area (TPSA) is 108 Å². The Bertz CT molecular complexity index is 1110. The number of aromatic hydroxyl groups is 1. The molecule has 146 valence electrons. The van der Waals surface area contributed by atoms with E-state index in [9.17, 15) is 20.4 Å². The lowest BCUT2D eigenvalue weighted by atomic mass is 10.2. The summed E-state index contributed by atoms with van der Waals surface area (Å²) in [6.07, 6.45) is 2.22. The van der Waals surface area contributed by atoms with E-state index in [4.69, 9.17) is 9.47 Å². The standard InChI is InChI=1S/C19H18BrN3O4S/c1-3-27-6-4-5-23-18(25)16(28-19(23)13(10-21)11-22)9-12-7-14(20)17(24)15(8-12)26-2/h7-9,24H,3-6H2,1-2H3/b16-9+. The third-order valence-corrected chi connectivity index (χ3v) is 5.52. The van der Waals surface area contributed by atoms with E-state index in [2.05, 4.69) is 15.9 Å². The summed E-state index contributed by atoms with van der Waals surface area (Å²) in [5.74, 6) is 0.222. The molecule has 0 saturated carbocycles. The molecule has 1 N–H and O–H groups in total. The molecule has 2 aromatic rings. The number of nitrogens with zero attached hydrogens (tertiary/aromatic N) is 3. The summed E-state index contributed by atoms with van der Waals surface area (Å²) in [7, 11) is 1.43. The summed E-state index contributed by atoms with van der Waals surface area (Å²) in [4.78, 5) is 12.9. The first kappa shape index (κ1) is 21.7. The number of halogens is 1. The van der Waals surface area contributed by atoms with Crippen LogP contribution in [-0.4, -0.2) is 30.0 Å². The van der Waals surface area contributed by atoms with Crippen LogP contribution in [0.2, 0.25) is 0 Å². The second-order valence-electron chi connectivity index (χ2n) is 5.58. The molecule has 0 unspecified atom stereocenters. The fourth-order valence-electron chi connectivity index (χ4n) is 2.48. The van der Waals surface area contributed by atoms with E-state index in [1.54, 1.807) is 18.2 Å². The highest BCUT2D eigenvalue weighted by molar-refractivity contribution is 9.10. The lowest BCUT2D eigenvalue weighted by Gasteiger charge is -2.06. The Balaban J connectivity index is 2.64. The monoisotopic (exact) mass is 463 g/mol. The van der Waals surface area contributed by atoms with Gasteiger partial charge in [-0.3, -0.25) is 9.36 Å². The molecule has 7 nitrogen and oxygen atoms in total. The molecule has 0 bridgehead atoms. The summed E-state index contributed by atoms with van der Waals surface area (Å²) >= 11 is 4.33. The van der Waals surface area contributed by atoms with Crippen molar-refractivity contribution in [3.05, 3.63) is 41.7 Å². The Morgan fingerprint density at radius 3 is 2.71 bits per heavy atom. The maximum absolute atomic E-state index is 12.9. The van der Waals surface area contributed by atoms with Crippen molar-refractivity contribution in [2.75, 3.05) is 20.3 Å². The van der Waals surface area contributed by atoms with Crippen LogP contribution in [0, 0.1) is 22.7 Å². The fourth-order valence-corrected chi connectivity index (χ4v) is 4.02. The zero-order valence-electron chi connectivity index (χ0n) is 15.4. The lowest BCUT2D eigenvalue weighted by molar-refractivity contribution is 0.141. The highest BCUT2D eigenvalue weighted by Gasteiger charge is 2.11. The number of hydrogen-bond donors (Lipinski definition) is 1. The largest absolute Gasteiger partial charge is 0.503 e. The molecule has 0 aliphatic rings. The minimum absolute atomic E-state index is 0.0376. The van der Waals surface area contributed by atoms with Crippen molar-refractivity contribution in [3.8, 4) is 23.6 Å². The maximum atomic E-state index is 12.9. The van der Waals surface area contributed by atoms with Crippen LogP contribution in [0.4, 0.5) is 0 Å². The van der Waals surface area contributed by atoms with Crippen LogP contribution >= 0.6 is 27.3 Å². The van der Waals surface area contributed by atoms with Gasteiger partial charge in [0.1, 0.15) is 16.8 Å². The van der Waals surface area contributed by atoms with Crippen molar-refractivity contribution in [1.82, 2.24) is 4.57 Å². The second-order valence-corrected chi connectivity index (χ2v) is 7.46. The number of phenols is 1.